The molecule has 5 nitrogen and oxygen atoms in total. The lowest BCUT2D eigenvalue weighted by Gasteiger charge is -2.21. The Bertz CT molecular complexity index is 863. The number of hydrogen-bond acceptors (Lipinski definition) is 3. The second kappa shape index (κ2) is 6.90. The van der Waals surface area contributed by atoms with Crippen LogP contribution in [0.3, 0.4) is 0 Å². The minimum absolute atomic E-state index is 0.0189. The highest BCUT2D eigenvalue weighted by molar-refractivity contribution is 9.10. The number of carbonyl (C=O) groups excluding carboxylic acids is 1. The van der Waals surface area contributed by atoms with Crippen molar-refractivity contribution in [3.05, 3.63) is 39.4 Å². The summed E-state index contributed by atoms with van der Waals surface area (Å²) in [6.07, 6.45) is 8.02. The first kappa shape index (κ1) is 16.8. The van der Waals surface area contributed by atoms with Crippen molar-refractivity contribution in [2.24, 2.45) is 17.8 Å². The summed E-state index contributed by atoms with van der Waals surface area (Å²) in [4.78, 5) is 29.0. The van der Waals surface area contributed by atoms with Gasteiger partial charge in [-0.3, -0.25) is 14.2 Å². The van der Waals surface area contributed by atoms with E-state index in [-0.39, 0.29) is 18.0 Å². The Labute approximate surface area is 155 Å². The van der Waals surface area contributed by atoms with Gasteiger partial charge in [0.05, 0.1) is 17.2 Å². The van der Waals surface area contributed by atoms with E-state index in [1.54, 1.807) is 12.1 Å². The van der Waals surface area contributed by atoms with Crippen LogP contribution >= 0.6 is 15.9 Å². The fraction of sp³-hybridized carbons (Fsp3) is 0.526. The minimum atomic E-state index is -0.186. The van der Waals surface area contributed by atoms with Gasteiger partial charge >= 0.3 is 0 Å². The van der Waals surface area contributed by atoms with E-state index in [0.29, 0.717) is 17.4 Å². The van der Waals surface area contributed by atoms with Crippen molar-refractivity contribution in [2.45, 2.75) is 38.6 Å². The Morgan fingerprint density at radius 1 is 1.32 bits per heavy atom. The molecular weight excluding hydrogens is 382 g/mol. The fourth-order valence-corrected chi connectivity index (χ4v) is 4.94. The third kappa shape index (κ3) is 3.50. The van der Waals surface area contributed by atoms with Gasteiger partial charge in [0.15, 0.2) is 0 Å². The normalized spacial score (nSPS) is 24.8. The van der Waals surface area contributed by atoms with Crippen molar-refractivity contribution in [1.82, 2.24) is 14.9 Å². The molecule has 2 fully saturated rings. The molecule has 2 aromatic rings. The van der Waals surface area contributed by atoms with Gasteiger partial charge in [-0.25, -0.2) is 4.98 Å². The summed E-state index contributed by atoms with van der Waals surface area (Å²) in [5, 5.41) is 3.49. The van der Waals surface area contributed by atoms with Crippen LogP contribution in [0.4, 0.5) is 0 Å². The highest BCUT2D eigenvalue weighted by Gasteiger charge is 2.38. The summed E-state index contributed by atoms with van der Waals surface area (Å²) >= 11 is 3.37. The quantitative estimate of drug-likeness (QED) is 0.833. The maximum absolute atomic E-state index is 12.5. The van der Waals surface area contributed by atoms with E-state index >= 15 is 0 Å². The molecule has 25 heavy (non-hydrogen) atoms. The number of hydrogen-bond donors (Lipinski definition) is 1. The van der Waals surface area contributed by atoms with Crippen LogP contribution in [-0.4, -0.2) is 22.0 Å². The number of fused-ring (bicyclic) bond motifs is 3. The Morgan fingerprint density at radius 2 is 2.20 bits per heavy atom. The molecule has 3 atom stereocenters. The summed E-state index contributed by atoms with van der Waals surface area (Å²) in [5.74, 6) is 2.47. The zero-order valence-corrected chi connectivity index (χ0v) is 15.7. The van der Waals surface area contributed by atoms with Gasteiger partial charge in [0.25, 0.3) is 5.56 Å². The smallest absolute Gasteiger partial charge is 0.261 e. The molecule has 132 valence electrons. The largest absolute Gasteiger partial charge is 0.355 e. The molecule has 2 aliphatic carbocycles. The molecule has 6 heteroatoms. The van der Waals surface area contributed by atoms with Crippen LogP contribution in [0.15, 0.2) is 33.8 Å². The lowest BCUT2D eigenvalue weighted by molar-refractivity contribution is -0.121. The average molecular weight is 404 g/mol. The van der Waals surface area contributed by atoms with Crippen molar-refractivity contribution in [3.63, 3.8) is 0 Å². The van der Waals surface area contributed by atoms with Crippen LogP contribution < -0.4 is 10.9 Å². The molecule has 1 N–H and O–H groups in total. The average Bonchev–Trinajstić information content (AvgIpc) is 3.21. The van der Waals surface area contributed by atoms with Crippen molar-refractivity contribution in [2.75, 3.05) is 6.54 Å². The van der Waals surface area contributed by atoms with Crippen molar-refractivity contribution < 1.29 is 4.79 Å². The highest BCUT2D eigenvalue weighted by atomic mass is 79.9. The molecule has 1 heterocycles. The number of nitrogens with zero attached hydrogens (tertiary/aromatic N) is 2. The third-order valence-corrected chi connectivity index (χ3v) is 6.32. The number of halogens is 1. The lowest BCUT2D eigenvalue weighted by Crippen LogP contribution is -2.33. The van der Waals surface area contributed by atoms with Crippen LogP contribution in [0, 0.1) is 17.8 Å². The number of carbonyl (C=O) groups is 1. The standard InChI is InChI=1S/C19H22BrN3O2/c20-15-3-4-17-16(9-15)19(25)23(11-22-17)10-18(24)21-6-5-14-8-12-1-2-13(14)7-12/h3-4,9,11-14H,1-2,5-8,10H2,(H,21,24). The molecule has 0 spiro atoms. The molecule has 2 aliphatic rings. The Morgan fingerprint density at radius 3 is 2.96 bits per heavy atom. The van der Waals surface area contributed by atoms with Crippen LogP contribution in [-0.2, 0) is 11.3 Å². The maximum Gasteiger partial charge on any atom is 0.261 e. The van der Waals surface area contributed by atoms with E-state index in [4.69, 9.17) is 0 Å². The first-order valence-corrected chi connectivity index (χ1v) is 9.81. The van der Waals surface area contributed by atoms with Gasteiger partial charge in [-0.1, -0.05) is 22.4 Å². The zero-order chi connectivity index (χ0) is 17.4. The molecule has 2 saturated carbocycles. The first-order valence-electron chi connectivity index (χ1n) is 9.01. The lowest BCUT2D eigenvalue weighted by atomic mass is 9.86. The summed E-state index contributed by atoms with van der Waals surface area (Å²) in [6.45, 7) is 0.721. The maximum atomic E-state index is 12.5. The van der Waals surface area contributed by atoms with E-state index in [1.807, 2.05) is 6.07 Å². The molecular formula is C19H22BrN3O2. The Hall–Kier alpha value is -1.69. The van der Waals surface area contributed by atoms with Crippen molar-refractivity contribution in [3.8, 4) is 0 Å². The van der Waals surface area contributed by atoms with Gasteiger partial charge in [-0.15, -0.1) is 0 Å². The first-order chi connectivity index (χ1) is 12.1. The zero-order valence-electron chi connectivity index (χ0n) is 14.1. The fourth-order valence-electron chi connectivity index (χ4n) is 4.58. The monoisotopic (exact) mass is 403 g/mol. The molecule has 0 saturated heterocycles. The van der Waals surface area contributed by atoms with Gasteiger partial charge in [0.1, 0.15) is 6.54 Å². The molecule has 1 aromatic heterocycles. The molecule has 1 aromatic carbocycles. The number of amides is 1. The van der Waals surface area contributed by atoms with Gasteiger partial charge in [-0.05, 0) is 61.6 Å². The third-order valence-electron chi connectivity index (χ3n) is 5.82. The number of rotatable bonds is 5. The van der Waals surface area contributed by atoms with Crippen molar-refractivity contribution in [1.29, 1.82) is 0 Å². The Balaban J connectivity index is 1.35. The summed E-state index contributed by atoms with van der Waals surface area (Å²) in [5.41, 5.74) is 0.454. The molecule has 0 aliphatic heterocycles. The van der Waals surface area contributed by atoms with Gasteiger partial charge in [0.2, 0.25) is 5.91 Å². The predicted molar refractivity (Wildman–Crippen MR) is 100 cm³/mol. The van der Waals surface area contributed by atoms with Gasteiger partial charge in [-0.2, -0.15) is 0 Å². The van der Waals surface area contributed by atoms with Crippen molar-refractivity contribution >= 4 is 32.7 Å². The van der Waals surface area contributed by atoms with Gasteiger partial charge < -0.3 is 5.32 Å². The van der Waals surface area contributed by atoms with Crippen LogP contribution in [0.1, 0.15) is 32.1 Å². The summed E-state index contributed by atoms with van der Waals surface area (Å²) < 4.78 is 2.20. The minimum Gasteiger partial charge on any atom is -0.355 e. The van der Waals surface area contributed by atoms with E-state index < -0.39 is 0 Å². The SMILES string of the molecule is O=C(Cn1cnc2ccc(Br)cc2c1=O)NCCC1CC2CCC1C2. The number of nitrogens with one attached hydrogen (secondary N) is 1. The van der Waals surface area contributed by atoms with E-state index in [0.717, 1.165) is 28.6 Å². The number of benzene rings is 1. The molecule has 3 unspecified atom stereocenters. The van der Waals surface area contributed by atoms with E-state index in [2.05, 4.69) is 26.2 Å². The molecule has 1 amide bonds. The molecule has 2 bridgehead atoms. The van der Waals surface area contributed by atoms with E-state index in [1.165, 1.54) is 36.6 Å². The summed E-state index contributed by atoms with van der Waals surface area (Å²) in [6, 6.07) is 5.39. The topological polar surface area (TPSA) is 64.0 Å². The Kier molecular flexibility index (Phi) is 4.63. The van der Waals surface area contributed by atoms with E-state index in [9.17, 15) is 9.59 Å². The second-order valence-corrected chi connectivity index (χ2v) is 8.33. The number of aromatic nitrogens is 2. The molecule has 4 rings (SSSR count). The highest BCUT2D eigenvalue weighted by Crippen LogP contribution is 2.49. The van der Waals surface area contributed by atoms with Gasteiger partial charge in [0, 0.05) is 11.0 Å². The van der Waals surface area contributed by atoms with Crippen LogP contribution in [0.25, 0.3) is 10.9 Å². The molecule has 0 radical (unpaired) electrons. The second-order valence-electron chi connectivity index (χ2n) is 7.41. The predicted octanol–water partition coefficient (Wildman–Crippen LogP) is 3.10. The van der Waals surface area contributed by atoms with Crippen LogP contribution in [0.2, 0.25) is 0 Å². The van der Waals surface area contributed by atoms with Crippen LogP contribution in [0.5, 0.6) is 0 Å². The summed E-state index contributed by atoms with van der Waals surface area (Å²) in [7, 11) is 0.